The van der Waals surface area contributed by atoms with E-state index in [0.717, 1.165) is 6.42 Å². The molecule has 0 N–H and O–H groups in total. The fraction of sp³-hybridized carbons (Fsp3) is 0.750. The molecule has 100 valence electrons. The van der Waals surface area contributed by atoms with Crippen molar-refractivity contribution in [3.63, 3.8) is 0 Å². The Kier molecular flexibility index (Phi) is 12.5. The highest BCUT2D eigenvalue weighted by atomic mass is 16.5. The second kappa shape index (κ2) is 13.2. The first-order chi connectivity index (χ1) is 8.31. The van der Waals surface area contributed by atoms with E-state index in [1.165, 1.54) is 6.08 Å². The Morgan fingerprint density at radius 2 is 1.88 bits per heavy atom. The maximum Gasteiger partial charge on any atom is 0.330 e. The van der Waals surface area contributed by atoms with Crippen molar-refractivity contribution in [1.29, 1.82) is 0 Å². The SMILES string of the molecule is CCOC(=O)/C=C/COCCCOCCOC. The van der Waals surface area contributed by atoms with Gasteiger partial charge >= 0.3 is 5.97 Å². The summed E-state index contributed by atoms with van der Waals surface area (Å²) in [6.45, 7) is 5.07. The van der Waals surface area contributed by atoms with Crippen molar-refractivity contribution >= 4 is 5.97 Å². The molecule has 0 aromatic rings. The van der Waals surface area contributed by atoms with Crippen molar-refractivity contribution in [2.24, 2.45) is 0 Å². The Balaban J connectivity index is 3.15. The lowest BCUT2D eigenvalue weighted by atomic mass is 10.5. The van der Waals surface area contributed by atoms with Gasteiger partial charge in [-0.3, -0.25) is 0 Å². The van der Waals surface area contributed by atoms with Crippen LogP contribution in [0.1, 0.15) is 13.3 Å². The number of rotatable bonds is 11. The van der Waals surface area contributed by atoms with E-state index >= 15 is 0 Å². The van der Waals surface area contributed by atoms with Crippen LogP contribution in [0.5, 0.6) is 0 Å². The van der Waals surface area contributed by atoms with Crippen LogP contribution in [-0.2, 0) is 23.7 Å². The summed E-state index contributed by atoms with van der Waals surface area (Å²) in [5.74, 6) is -0.334. The first-order valence-electron chi connectivity index (χ1n) is 5.79. The molecule has 5 heteroatoms. The number of ether oxygens (including phenoxy) is 4. The van der Waals surface area contributed by atoms with Crippen LogP contribution in [0.4, 0.5) is 0 Å². The number of carbonyl (C=O) groups is 1. The topological polar surface area (TPSA) is 54.0 Å². The van der Waals surface area contributed by atoms with Gasteiger partial charge in [-0.1, -0.05) is 6.08 Å². The highest BCUT2D eigenvalue weighted by Gasteiger charge is 1.92. The van der Waals surface area contributed by atoms with E-state index in [2.05, 4.69) is 0 Å². The number of esters is 1. The van der Waals surface area contributed by atoms with Gasteiger partial charge in [-0.25, -0.2) is 4.79 Å². The highest BCUT2D eigenvalue weighted by Crippen LogP contribution is 1.87. The Morgan fingerprint density at radius 1 is 1.12 bits per heavy atom. The third kappa shape index (κ3) is 13.0. The number of carbonyl (C=O) groups excluding carboxylic acids is 1. The normalized spacial score (nSPS) is 10.9. The summed E-state index contributed by atoms with van der Waals surface area (Å²) < 4.78 is 20.1. The quantitative estimate of drug-likeness (QED) is 0.311. The van der Waals surface area contributed by atoms with Gasteiger partial charge in [0.15, 0.2) is 0 Å². The summed E-state index contributed by atoms with van der Waals surface area (Å²) >= 11 is 0. The van der Waals surface area contributed by atoms with Gasteiger partial charge in [0.1, 0.15) is 0 Å². The summed E-state index contributed by atoms with van der Waals surface area (Å²) in [5, 5.41) is 0. The van der Waals surface area contributed by atoms with E-state index < -0.39 is 0 Å². The molecule has 17 heavy (non-hydrogen) atoms. The van der Waals surface area contributed by atoms with Crippen LogP contribution >= 0.6 is 0 Å². The van der Waals surface area contributed by atoms with E-state index in [1.54, 1.807) is 20.1 Å². The standard InChI is InChI=1S/C12H22O5/c1-3-17-12(13)6-4-7-15-8-5-9-16-11-10-14-2/h4,6H,3,5,7-11H2,1-2H3/b6-4+. The first-order valence-corrected chi connectivity index (χ1v) is 5.79. The van der Waals surface area contributed by atoms with Crippen LogP contribution in [0.15, 0.2) is 12.2 Å². The van der Waals surface area contributed by atoms with Gasteiger partial charge in [0.05, 0.1) is 26.4 Å². The Morgan fingerprint density at radius 3 is 2.59 bits per heavy atom. The molecule has 0 aromatic heterocycles. The van der Waals surface area contributed by atoms with Crippen LogP contribution < -0.4 is 0 Å². The van der Waals surface area contributed by atoms with Crippen LogP contribution in [0, 0.1) is 0 Å². The van der Waals surface area contributed by atoms with Crippen LogP contribution in [0.3, 0.4) is 0 Å². The molecule has 0 radical (unpaired) electrons. The zero-order valence-electron chi connectivity index (χ0n) is 10.6. The molecule has 0 bridgehead atoms. The summed E-state index contributed by atoms with van der Waals surface area (Å²) in [7, 11) is 1.64. The number of hydrogen-bond acceptors (Lipinski definition) is 5. The monoisotopic (exact) mass is 246 g/mol. The molecular formula is C12H22O5. The van der Waals surface area contributed by atoms with Gasteiger partial charge in [0.25, 0.3) is 0 Å². The molecule has 0 saturated heterocycles. The zero-order valence-corrected chi connectivity index (χ0v) is 10.6. The average molecular weight is 246 g/mol. The number of hydrogen-bond donors (Lipinski definition) is 0. The second-order valence-electron chi connectivity index (χ2n) is 3.19. The van der Waals surface area contributed by atoms with Gasteiger partial charge in [0.2, 0.25) is 0 Å². The molecule has 0 fully saturated rings. The Hall–Kier alpha value is -0.910. The van der Waals surface area contributed by atoms with Gasteiger partial charge in [0, 0.05) is 26.4 Å². The molecule has 0 saturated carbocycles. The molecule has 0 aliphatic carbocycles. The molecule has 0 spiro atoms. The molecule has 0 atom stereocenters. The predicted molar refractivity (Wildman–Crippen MR) is 63.9 cm³/mol. The van der Waals surface area contributed by atoms with Crippen molar-refractivity contribution in [2.45, 2.75) is 13.3 Å². The number of methoxy groups -OCH3 is 1. The van der Waals surface area contributed by atoms with Crippen molar-refractivity contribution in [1.82, 2.24) is 0 Å². The molecule has 5 nitrogen and oxygen atoms in total. The average Bonchev–Trinajstić information content (AvgIpc) is 2.32. The molecule has 0 aliphatic heterocycles. The van der Waals surface area contributed by atoms with Crippen LogP contribution in [0.25, 0.3) is 0 Å². The van der Waals surface area contributed by atoms with E-state index in [-0.39, 0.29) is 5.97 Å². The molecule has 0 amide bonds. The molecule has 0 rings (SSSR count). The van der Waals surface area contributed by atoms with Crippen molar-refractivity contribution in [2.75, 3.05) is 46.8 Å². The summed E-state index contributed by atoms with van der Waals surface area (Å²) in [4.78, 5) is 10.9. The maximum absolute atomic E-state index is 10.9. The first kappa shape index (κ1) is 16.1. The highest BCUT2D eigenvalue weighted by molar-refractivity contribution is 5.81. The van der Waals surface area contributed by atoms with Gasteiger partial charge in [-0.15, -0.1) is 0 Å². The van der Waals surface area contributed by atoms with Gasteiger partial charge in [-0.2, -0.15) is 0 Å². The summed E-state index contributed by atoms with van der Waals surface area (Å²) in [6, 6.07) is 0. The minimum absolute atomic E-state index is 0.334. The second-order valence-corrected chi connectivity index (χ2v) is 3.19. The maximum atomic E-state index is 10.9. The van der Waals surface area contributed by atoms with E-state index in [9.17, 15) is 4.79 Å². The van der Waals surface area contributed by atoms with Gasteiger partial charge in [-0.05, 0) is 13.3 Å². The molecule has 0 heterocycles. The largest absolute Gasteiger partial charge is 0.463 e. The third-order valence-corrected chi connectivity index (χ3v) is 1.76. The lowest BCUT2D eigenvalue weighted by molar-refractivity contribution is -0.137. The lowest BCUT2D eigenvalue weighted by Gasteiger charge is -2.03. The minimum atomic E-state index is -0.334. The van der Waals surface area contributed by atoms with Gasteiger partial charge < -0.3 is 18.9 Å². The molecule has 0 aromatic carbocycles. The smallest absolute Gasteiger partial charge is 0.330 e. The van der Waals surface area contributed by atoms with Crippen LogP contribution in [-0.4, -0.2) is 52.7 Å². The predicted octanol–water partition coefficient (Wildman–Crippen LogP) is 1.18. The Labute approximate surface area is 103 Å². The molecular weight excluding hydrogens is 224 g/mol. The van der Waals surface area contributed by atoms with Crippen LogP contribution in [0.2, 0.25) is 0 Å². The van der Waals surface area contributed by atoms with Crippen molar-refractivity contribution < 1.29 is 23.7 Å². The fourth-order valence-electron chi connectivity index (χ4n) is 0.993. The zero-order chi connectivity index (χ0) is 12.8. The van der Waals surface area contributed by atoms with Crippen molar-refractivity contribution in [3.05, 3.63) is 12.2 Å². The molecule has 0 unspecified atom stereocenters. The Bertz CT molecular complexity index is 203. The van der Waals surface area contributed by atoms with E-state index in [1.807, 2.05) is 0 Å². The third-order valence-electron chi connectivity index (χ3n) is 1.76. The summed E-state index contributed by atoms with van der Waals surface area (Å²) in [6.07, 6.45) is 3.85. The van der Waals surface area contributed by atoms with E-state index in [4.69, 9.17) is 18.9 Å². The summed E-state index contributed by atoms with van der Waals surface area (Å²) in [5.41, 5.74) is 0. The van der Waals surface area contributed by atoms with E-state index in [0.29, 0.717) is 39.6 Å². The minimum Gasteiger partial charge on any atom is -0.463 e. The fourth-order valence-corrected chi connectivity index (χ4v) is 0.993. The lowest BCUT2D eigenvalue weighted by Crippen LogP contribution is -2.06. The van der Waals surface area contributed by atoms with Crippen molar-refractivity contribution in [3.8, 4) is 0 Å². The molecule has 0 aliphatic rings.